The minimum atomic E-state index is -0.0739. The van der Waals surface area contributed by atoms with Crippen LogP contribution in [-0.4, -0.2) is 39.0 Å². The van der Waals surface area contributed by atoms with Crippen molar-refractivity contribution in [1.29, 1.82) is 0 Å². The zero-order valence-electron chi connectivity index (χ0n) is 16.3. The maximum Gasteiger partial charge on any atom is 0.159 e. The lowest BCUT2D eigenvalue weighted by Gasteiger charge is -2.16. The minimum Gasteiger partial charge on any atom is -0.382 e. The van der Waals surface area contributed by atoms with Crippen LogP contribution in [0.2, 0.25) is 0 Å². The molecule has 4 heteroatoms. The Bertz CT molecular complexity index is 720. The molecule has 0 amide bonds. The lowest BCUT2D eigenvalue weighted by Crippen LogP contribution is -2.14. The molecule has 4 nitrogen and oxygen atoms in total. The molecule has 0 saturated carbocycles. The average Bonchev–Trinajstić information content (AvgIpc) is 2.71. The summed E-state index contributed by atoms with van der Waals surface area (Å²) in [5.41, 5.74) is 3.94. The van der Waals surface area contributed by atoms with E-state index in [-0.39, 0.29) is 18.7 Å². The van der Waals surface area contributed by atoms with Crippen molar-refractivity contribution < 1.29 is 19.0 Å². The highest BCUT2D eigenvalue weighted by Crippen LogP contribution is 2.25. The Kier molecular flexibility index (Phi) is 8.92. The monoisotopic (exact) mass is 368 g/mol. The summed E-state index contributed by atoms with van der Waals surface area (Å²) < 4.78 is 16.3. The molecular formula is C23H28O4. The van der Waals surface area contributed by atoms with Crippen LogP contribution in [0.25, 0.3) is 5.57 Å². The summed E-state index contributed by atoms with van der Waals surface area (Å²) in [4.78, 5) is 11.6. The van der Waals surface area contributed by atoms with Crippen molar-refractivity contribution >= 4 is 11.4 Å². The van der Waals surface area contributed by atoms with Crippen molar-refractivity contribution in [3.63, 3.8) is 0 Å². The number of hydrogen-bond acceptors (Lipinski definition) is 4. The Morgan fingerprint density at radius 3 is 2.19 bits per heavy atom. The molecule has 144 valence electrons. The molecule has 0 aromatic heterocycles. The zero-order chi connectivity index (χ0) is 19.5. The highest BCUT2D eigenvalue weighted by atomic mass is 16.7. The van der Waals surface area contributed by atoms with Gasteiger partial charge in [-0.25, -0.2) is 0 Å². The topological polar surface area (TPSA) is 44.8 Å². The summed E-state index contributed by atoms with van der Waals surface area (Å²) >= 11 is 0. The molecule has 1 unspecified atom stereocenters. The lowest BCUT2D eigenvalue weighted by molar-refractivity contribution is -0.0851. The Balaban J connectivity index is 2.23. The van der Waals surface area contributed by atoms with Gasteiger partial charge in [-0.3, -0.25) is 4.79 Å². The first-order valence-corrected chi connectivity index (χ1v) is 9.22. The second kappa shape index (κ2) is 11.4. The van der Waals surface area contributed by atoms with Gasteiger partial charge in [0, 0.05) is 12.7 Å². The van der Waals surface area contributed by atoms with Crippen LogP contribution in [0.15, 0.2) is 60.7 Å². The van der Waals surface area contributed by atoms with E-state index >= 15 is 0 Å². The smallest absolute Gasteiger partial charge is 0.159 e. The van der Waals surface area contributed by atoms with Gasteiger partial charge in [-0.1, -0.05) is 61.5 Å². The van der Waals surface area contributed by atoms with Crippen molar-refractivity contribution in [2.24, 2.45) is 0 Å². The molecule has 0 aliphatic carbocycles. The van der Waals surface area contributed by atoms with Crippen LogP contribution in [0.3, 0.4) is 0 Å². The predicted molar refractivity (Wildman–Crippen MR) is 108 cm³/mol. The number of ketones is 1. The van der Waals surface area contributed by atoms with E-state index in [1.165, 1.54) is 0 Å². The summed E-state index contributed by atoms with van der Waals surface area (Å²) in [6, 6.07) is 17.9. The average molecular weight is 368 g/mol. The van der Waals surface area contributed by atoms with E-state index in [2.05, 4.69) is 25.1 Å². The first-order chi connectivity index (χ1) is 13.2. The lowest BCUT2D eigenvalue weighted by atomic mass is 9.95. The van der Waals surface area contributed by atoms with Gasteiger partial charge in [0.2, 0.25) is 0 Å². The normalized spacial score (nSPS) is 12.8. The molecule has 0 heterocycles. The predicted octanol–water partition coefficient (Wildman–Crippen LogP) is 4.74. The van der Waals surface area contributed by atoms with Crippen molar-refractivity contribution in [3.8, 4) is 0 Å². The number of benzene rings is 2. The van der Waals surface area contributed by atoms with E-state index in [4.69, 9.17) is 14.2 Å². The highest BCUT2D eigenvalue weighted by Gasteiger charge is 2.11. The largest absolute Gasteiger partial charge is 0.382 e. The Morgan fingerprint density at radius 2 is 1.59 bits per heavy atom. The maximum absolute atomic E-state index is 11.6. The molecular weight excluding hydrogens is 340 g/mol. The van der Waals surface area contributed by atoms with E-state index in [1.807, 2.05) is 42.5 Å². The zero-order valence-corrected chi connectivity index (χ0v) is 16.3. The van der Waals surface area contributed by atoms with Gasteiger partial charge in [-0.15, -0.1) is 0 Å². The van der Waals surface area contributed by atoms with Crippen LogP contribution in [0.4, 0.5) is 0 Å². The molecule has 0 saturated heterocycles. The van der Waals surface area contributed by atoms with Crippen LogP contribution >= 0.6 is 0 Å². The number of hydrogen-bond donors (Lipinski definition) is 0. The van der Waals surface area contributed by atoms with Gasteiger partial charge in [0.05, 0.1) is 19.3 Å². The van der Waals surface area contributed by atoms with Gasteiger partial charge >= 0.3 is 0 Å². The number of rotatable bonds is 11. The molecule has 0 bridgehead atoms. The quantitative estimate of drug-likeness (QED) is 0.327. The van der Waals surface area contributed by atoms with Crippen molar-refractivity contribution in [3.05, 3.63) is 77.4 Å². The molecule has 0 aliphatic rings. The van der Waals surface area contributed by atoms with Gasteiger partial charge in [0.25, 0.3) is 0 Å². The van der Waals surface area contributed by atoms with Crippen molar-refractivity contribution in [2.75, 3.05) is 27.1 Å². The van der Waals surface area contributed by atoms with E-state index in [0.29, 0.717) is 18.8 Å². The number of Topliss-reactive ketones (excluding diaryl/α,β-unsaturated/α-hetero) is 1. The first-order valence-electron chi connectivity index (χ1n) is 9.22. The molecule has 2 rings (SSSR count). The van der Waals surface area contributed by atoms with Gasteiger partial charge in [-0.2, -0.15) is 0 Å². The third-order valence-electron chi connectivity index (χ3n) is 4.24. The van der Waals surface area contributed by atoms with Crippen LogP contribution in [0.5, 0.6) is 0 Å². The van der Waals surface area contributed by atoms with Gasteiger partial charge in [0.1, 0.15) is 6.79 Å². The third-order valence-corrected chi connectivity index (χ3v) is 4.24. The van der Waals surface area contributed by atoms with Crippen LogP contribution < -0.4 is 0 Å². The third kappa shape index (κ3) is 6.75. The summed E-state index contributed by atoms with van der Waals surface area (Å²) in [6.07, 6.45) is 2.88. The van der Waals surface area contributed by atoms with Gasteiger partial charge < -0.3 is 14.2 Å². The first kappa shape index (κ1) is 21.0. The van der Waals surface area contributed by atoms with Crippen molar-refractivity contribution in [1.82, 2.24) is 0 Å². The summed E-state index contributed by atoms with van der Waals surface area (Å²) in [5.74, 6) is 0.0646. The Labute approximate surface area is 161 Å². The Hall–Kier alpha value is -2.27. The fraction of sp³-hybridized carbons (Fsp3) is 0.348. The SMILES string of the molecule is CCC(/C=C(\c1ccccc1)c1ccc(C(C)=O)cc1)OCOCCOC. The second-order valence-electron chi connectivity index (χ2n) is 6.21. The van der Waals surface area contributed by atoms with E-state index < -0.39 is 0 Å². The summed E-state index contributed by atoms with van der Waals surface area (Å²) in [5, 5.41) is 0. The molecule has 2 aromatic rings. The van der Waals surface area contributed by atoms with E-state index in [0.717, 1.165) is 23.1 Å². The molecule has 0 fully saturated rings. The summed E-state index contributed by atoms with van der Waals surface area (Å²) in [7, 11) is 1.64. The minimum absolute atomic E-state index is 0.0646. The Morgan fingerprint density at radius 1 is 0.963 bits per heavy atom. The molecule has 0 radical (unpaired) electrons. The molecule has 1 atom stereocenters. The number of carbonyl (C=O) groups excluding carboxylic acids is 1. The molecule has 0 aliphatic heterocycles. The highest BCUT2D eigenvalue weighted by molar-refractivity contribution is 5.94. The second-order valence-corrected chi connectivity index (χ2v) is 6.21. The van der Waals surface area contributed by atoms with Crippen LogP contribution in [0.1, 0.15) is 41.8 Å². The number of ether oxygens (including phenoxy) is 3. The maximum atomic E-state index is 11.6. The van der Waals surface area contributed by atoms with Crippen molar-refractivity contribution in [2.45, 2.75) is 26.4 Å². The molecule has 27 heavy (non-hydrogen) atoms. The van der Waals surface area contributed by atoms with E-state index in [9.17, 15) is 4.79 Å². The summed E-state index contributed by atoms with van der Waals surface area (Å²) in [6.45, 7) is 4.94. The molecule has 2 aromatic carbocycles. The molecule has 0 spiro atoms. The van der Waals surface area contributed by atoms with Gasteiger partial charge in [-0.05, 0) is 36.1 Å². The van der Waals surface area contributed by atoms with E-state index in [1.54, 1.807) is 14.0 Å². The number of methoxy groups -OCH3 is 1. The fourth-order valence-electron chi connectivity index (χ4n) is 2.67. The van der Waals surface area contributed by atoms with Crippen LogP contribution in [0, 0.1) is 0 Å². The van der Waals surface area contributed by atoms with Crippen LogP contribution in [-0.2, 0) is 14.2 Å². The number of carbonyl (C=O) groups is 1. The standard InChI is InChI=1S/C23H28O4/c1-4-22(27-17-26-15-14-25-3)16-23(20-8-6-5-7-9-20)21-12-10-19(11-13-21)18(2)24/h5-13,16,22H,4,14-15,17H2,1-3H3/b23-16+. The fourth-order valence-corrected chi connectivity index (χ4v) is 2.67. The van der Waals surface area contributed by atoms with Gasteiger partial charge in [0.15, 0.2) is 5.78 Å². The molecule has 0 N–H and O–H groups in total.